The van der Waals surface area contributed by atoms with Crippen molar-refractivity contribution in [1.82, 2.24) is 5.32 Å². The van der Waals surface area contributed by atoms with E-state index in [0.29, 0.717) is 12.2 Å². The van der Waals surface area contributed by atoms with Crippen molar-refractivity contribution in [2.24, 2.45) is 0 Å². The first-order chi connectivity index (χ1) is 7.56. The first-order valence-corrected chi connectivity index (χ1v) is 5.91. The van der Waals surface area contributed by atoms with Gasteiger partial charge in [0.2, 0.25) is 0 Å². The number of thioether (sulfide) groups is 1. The number of esters is 2. The molecule has 1 amide bonds. The fraction of sp³-hybridized carbons (Fsp3) is 0.667. The van der Waals surface area contributed by atoms with Crippen LogP contribution in [0.4, 0.5) is 0 Å². The topological polar surface area (TPSA) is 81.7 Å². The van der Waals surface area contributed by atoms with Crippen molar-refractivity contribution < 1.29 is 23.9 Å². The summed E-state index contributed by atoms with van der Waals surface area (Å²) in [7, 11) is 2.32. The molecule has 0 fully saturated rings. The molecular weight excluding hydrogens is 234 g/mol. The van der Waals surface area contributed by atoms with E-state index in [1.54, 1.807) is 0 Å². The summed E-state index contributed by atoms with van der Waals surface area (Å²) in [6.45, 7) is 0. The van der Waals surface area contributed by atoms with Crippen LogP contribution in [0.5, 0.6) is 0 Å². The van der Waals surface area contributed by atoms with Gasteiger partial charge in [0.05, 0.1) is 14.2 Å². The molecular formula is C9H15NO5S. The van der Waals surface area contributed by atoms with Crippen LogP contribution in [0.2, 0.25) is 0 Å². The molecule has 1 atom stereocenters. The quantitative estimate of drug-likeness (QED) is 0.526. The second-order valence-electron chi connectivity index (χ2n) is 2.82. The number of methoxy groups -OCH3 is 2. The predicted molar refractivity (Wildman–Crippen MR) is 59.0 cm³/mol. The third-order valence-electron chi connectivity index (χ3n) is 1.77. The molecule has 1 N–H and O–H groups in total. The monoisotopic (exact) mass is 249 g/mol. The molecule has 0 aromatic rings. The van der Waals surface area contributed by atoms with Gasteiger partial charge in [0.15, 0.2) is 0 Å². The van der Waals surface area contributed by atoms with Gasteiger partial charge in [0.25, 0.3) is 0 Å². The lowest BCUT2D eigenvalue weighted by Crippen LogP contribution is -2.45. The van der Waals surface area contributed by atoms with E-state index in [1.807, 2.05) is 6.26 Å². The molecule has 0 heterocycles. The summed E-state index contributed by atoms with van der Waals surface area (Å²) in [6, 6.07) is -0.816. The number of carbonyl (C=O) groups is 3. The summed E-state index contributed by atoms with van der Waals surface area (Å²) in [5.74, 6) is -1.88. The third-order valence-corrected chi connectivity index (χ3v) is 2.42. The molecule has 6 nitrogen and oxygen atoms in total. The van der Waals surface area contributed by atoms with Crippen LogP contribution >= 0.6 is 11.8 Å². The minimum absolute atomic E-state index is 0.399. The van der Waals surface area contributed by atoms with E-state index in [2.05, 4.69) is 14.8 Å². The van der Waals surface area contributed by atoms with Crippen LogP contribution < -0.4 is 5.32 Å². The van der Waals surface area contributed by atoms with Gasteiger partial charge in [-0.05, 0) is 18.4 Å². The van der Waals surface area contributed by atoms with Gasteiger partial charge >= 0.3 is 17.8 Å². The average molecular weight is 249 g/mol. The number of carbonyl (C=O) groups excluding carboxylic acids is 3. The van der Waals surface area contributed by atoms with Crippen LogP contribution in [0.1, 0.15) is 6.42 Å². The zero-order chi connectivity index (χ0) is 12.6. The van der Waals surface area contributed by atoms with Gasteiger partial charge < -0.3 is 14.8 Å². The SMILES string of the molecule is COC(=O)C(=O)N[C@H](CCSC)C(=O)OC. The molecule has 0 aliphatic heterocycles. The van der Waals surface area contributed by atoms with Crippen molar-refractivity contribution in [1.29, 1.82) is 0 Å². The summed E-state index contributed by atoms with van der Waals surface area (Å²) in [5, 5.41) is 2.25. The van der Waals surface area contributed by atoms with Crippen molar-refractivity contribution in [3.63, 3.8) is 0 Å². The Morgan fingerprint density at radius 2 is 1.88 bits per heavy atom. The summed E-state index contributed by atoms with van der Waals surface area (Å²) in [5.41, 5.74) is 0. The maximum atomic E-state index is 11.3. The molecule has 0 rings (SSSR count). The number of ether oxygens (including phenoxy) is 2. The number of rotatable bonds is 5. The predicted octanol–water partition coefficient (Wildman–Crippen LogP) is -0.430. The smallest absolute Gasteiger partial charge is 0.396 e. The fourth-order valence-corrected chi connectivity index (χ4v) is 1.41. The van der Waals surface area contributed by atoms with E-state index in [0.717, 1.165) is 7.11 Å². The minimum atomic E-state index is -1.03. The normalized spacial score (nSPS) is 11.4. The van der Waals surface area contributed by atoms with Gasteiger partial charge in [-0.1, -0.05) is 0 Å². The first-order valence-electron chi connectivity index (χ1n) is 4.52. The van der Waals surface area contributed by atoms with Gasteiger partial charge in [-0.25, -0.2) is 9.59 Å². The zero-order valence-corrected chi connectivity index (χ0v) is 10.3. The maximum Gasteiger partial charge on any atom is 0.396 e. The highest BCUT2D eigenvalue weighted by Crippen LogP contribution is 2.02. The van der Waals surface area contributed by atoms with Crippen LogP contribution in [0, 0.1) is 0 Å². The fourth-order valence-electron chi connectivity index (χ4n) is 0.937. The summed E-state index contributed by atoms with van der Waals surface area (Å²) < 4.78 is 8.73. The van der Waals surface area contributed by atoms with E-state index in [-0.39, 0.29) is 0 Å². The Morgan fingerprint density at radius 1 is 1.25 bits per heavy atom. The molecule has 0 saturated heterocycles. The van der Waals surface area contributed by atoms with Gasteiger partial charge in [-0.3, -0.25) is 4.79 Å². The molecule has 0 aliphatic carbocycles. The highest BCUT2D eigenvalue weighted by molar-refractivity contribution is 7.98. The Bertz CT molecular complexity index is 269. The number of hydrogen-bond donors (Lipinski definition) is 1. The van der Waals surface area contributed by atoms with E-state index in [4.69, 9.17) is 0 Å². The van der Waals surface area contributed by atoms with Crippen LogP contribution in [0.15, 0.2) is 0 Å². The number of amides is 1. The summed E-state index contributed by atoms with van der Waals surface area (Å²) in [6.07, 6.45) is 2.27. The Hall–Kier alpha value is -1.24. The van der Waals surface area contributed by atoms with Crippen LogP contribution in [0.25, 0.3) is 0 Å². The largest absolute Gasteiger partial charge is 0.467 e. The van der Waals surface area contributed by atoms with Crippen molar-refractivity contribution in [2.45, 2.75) is 12.5 Å². The van der Waals surface area contributed by atoms with Crippen LogP contribution in [-0.4, -0.2) is 50.1 Å². The molecule has 7 heteroatoms. The van der Waals surface area contributed by atoms with Crippen molar-refractivity contribution >= 4 is 29.6 Å². The molecule has 16 heavy (non-hydrogen) atoms. The molecule has 0 unspecified atom stereocenters. The Kier molecular flexibility index (Phi) is 7.36. The molecule has 0 aromatic heterocycles. The average Bonchev–Trinajstić information content (AvgIpc) is 2.31. The lowest BCUT2D eigenvalue weighted by atomic mass is 10.2. The Morgan fingerprint density at radius 3 is 2.31 bits per heavy atom. The lowest BCUT2D eigenvalue weighted by Gasteiger charge is -2.14. The van der Waals surface area contributed by atoms with Crippen LogP contribution in [0.3, 0.4) is 0 Å². The van der Waals surface area contributed by atoms with E-state index in [9.17, 15) is 14.4 Å². The number of hydrogen-bond acceptors (Lipinski definition) is 6. The van der Waals surface area contributed by atoms with Gasteiger partial charge in [-0.15, -0.1) is 0 Å². The van der Waals surface area contributed by atoms with Crippen molar-refractivity contribution in [3.05, 3.63) is 0 Å². The molecule has 92 valence electrons. The van der Waals surface area contributed by atoms with Gasteiger partial charge in [0.1, 0.15) is 6.04 Å². The second kappa shape index (κ2) is 7.98. The van der Waals surface area contributed by atoms with E-state index < -0.39 is 23.9 Å². The van der Waals surface area contributed by atoms with Gasteiger partial charge in [-0.2, -0.15) is 11.8 Å². The highest BCUT2D eigenvalue weighted by Gasteiger charge is 2.24. The second-order valence-corrected chi connectivity index (χ2v) is 3.81. The zero-order valence-electron chi connectivity index (χ0n) is 9.44. The summed E-state index contributed by atoms with van der Waals surface area (Å²) in [4.78, 5) is 33.3. The molecule has 0 aromatic carbocycles. The molecule has 0 aliphatic rings. The van der Waals surface area contributed by atoms with E-state index >= 15 is 0 Å². The standard InChI is InChI=1S/C9H15NO5S/c1-14-8(12)6(4-5-16-3)10-7(11)9(13)15-2/h6H,4-5H2,1-3H3,(H,10,11)/t6-/m1/s1. The van der Waals surface area contributed by atoms with Crippen molar-refractivity contribution in [2.75, 3.05) is 26.2 Å². The third kappa shape index (κ3) is 5.01. The Labute approximate surface area is 98.0 Å². The molecule has 0 radical (unpaired) electrons. The highest BCUT2D eigenvalue weighted by atomic mass is 32.2. The number of nitrogens with one attached hydrogen (secondary N) is 1. The first kappa shape index (κ1) is 14.8. The van der Waals surface area contributed by atoms with E-state index in [1.165, 1.54) is 18.9 Å². The molecule has 0 bridgehead atoms. The Balaban J connectivity index is 4.35. The molecule has 0 saturated carbocycles. The molecule has 0 spiro atoms. The van der Waals surface area contributed by atoms with Crippen molar-refractivity contribution in [3.8, 4) is 0 Å². The maximum absolute atomic E-state index is 11.3. The van der Waals surface area contributed by atoms with Gasteiger partial charge in [0, 0.05) is 0 Å². The minimum Gasteiger partial charge on any atom is -0.467 e. The van der Waals surface area contributed by atoms with Crippen LogP contribution in [-0.2, 0) is 23.9 Å². The summed E-state index contributed by atoms with van der Waals surface area (Å²) >= 11 is 1.52. The lowest BCUT2D eigenvalue weighted by molar-refractivity contribution is -0.154.